The van der Waals surface area contributed by atoms with Crippen molar-refractivity contribution in [3.63, 3.8) is 0 Å². The molecule has 10 N–H and O–H groups in total. The molecule has 2 aliphatic heterocycles. The number of aliphatic hydroxyl groups excluding tert-OH is 2. The van der Waals surface area contributed by atoms with E-state index in [9.17, 15) is 53.1 Å². The summed E-state index contributed by atoms with van der Waals surface area (Å²) in [7, 11) is -16.4. The lowest BCUT2D eigenvalue weighted by atomic mass is 9.86. The number of hydrogen-bond donors (Lipinski definition) is 9. The number of anilines is 1. The zero-order valence-electron chi connectivity index (χ0n) is 32.7. The molecular formula is C30H53N8O16P3S. The number of hydrogen-bond acceptors (Lipinski definition) is 18. The van der Waals surface area contributed by atoms with E-state index in [1.54, 1.807) is 0 Å². The van der Waals surface area contributed by atoms with Gasteiger partial charge in [0.05, 0.1) is 19.5 Å². The van der Waals surface area contributed by atoms with Gasteiger partial charge < -0.3 is 50.9 Å². The average Bonchev–Trinajstić information content (AvgIpc) is 3.65. The number of phosphoric acid groups is 3. The number of carbonyl (C=O) groups is 2. The molecule has 0 aliphatic carbocycles. The zero-order chi connectivity index (χ0) is 43.4. The van der Waals surface area contributed by atoms with Crippen LogP contribution in [0.2, 0.25) is 0 Å². The highest BCUT2D eigenvalue weighted by Crippen LogP contribution is 2.61. The van der Waals surface area contributed by atoms with E-state index in [2.05, 4.69) is 67.0 Å². The Kier molecular flexibility index (Phi) is 16.1. The molecule has 2 amide bonds. The molecule has 28 heteroatoms. The van der Waals surface area contributed by atoms with Gasteiger partial charge in [-0.1, -0.05) is 27.7 Å². The predicted octanol–water partition coefficient (Wildman–Crippen LogP) is 0.257. The molecule has 0 spiro atoms. The van der Waals surface area contributed by atoms with Gasteiger partial charge in [-0.3, -0.25) is 32.6 Å². The van der Waals surface area contributed by atoms with Crippen LogP contribution in [0.1, 0.15) is 54.2 Å². The normalized spacial score (nSPS) is 24.0. The maximum absolute atomic E-state index is 12.7. The average molecular weight is 907 g/mol. The number of carbonyl (C=O) groups excluding carboxylic acids is 2. The number of imidazole rings is 1. The second-order valence-electron chi connectivity index (χ2n) is 15.1. The fraction of sp³-hybridized carbons (Fsp3) is 0.767. The molecule has 7 atom stereocenters. The molecule has 2 saturated heterocycles. The van der Waals surface area contributed by atoms with Crippen molar-refractivity contribution >= 4 is 64.0 Å². The molecule has 330 valence electrons. The van der Waals surface area contributed by atoms with Crippen LogP contribution < -0.4 is 16.4 Å². The number of ether oxygens (including phenoxy) is 1. The van der Waals surface area contributed by atoms with Crippen LogP contribution in [0.4, 0.5) is 5.82 Å². The number of phosphoric ester groups is 3. The van der Waals surface area contributed by atoms with Gasteiger partial charge in [-0.25, -0.2) is 28.6 Å². The van der Waals surface area contributed by atoms with E-state index in [-0.39, 0.29) is 40.6 Å². The molecule has 2 aliphatic rings. The number of aromatic nitrogens is 4. The summed E-state index contributed by atoms with van der Waals surface area (Å²) >= 11 is 1.83. The molecule has 4 rings (SSSR count). The second kappa shape index (κ2) is 19.3. The van der Waals surface area contributed by atoms with Crippen molar-refractivity contribution in [2.24, 2.45) is 11.3 Å². The van der Waals surface area contributed by atoms with Gasteiger partial charge in [-0.2, -0.15) is 16.1 Å². The van der Waals surface area contributed by atoms with Crippen LogP contribution in [0.15, 0.2) is 12.7 Å². The number of fused-ring (bicyclic) bond motifs is 1. The van der Waals surface area contributed by atoms with Crippen molar-refractivity contribution in [3.05, 3.63) is 12.7 Å². The summed E-state index contributed by atoms with van der Waals surface area (Å²) in [6.45, 7) is 11.6. The predicted molar refractivity (Wildman–Crippen MR) is 206 cm³/mol. The zero-order valence-corrected chi connectivity index (χ0v) is 36.2. The van der Waals surface area contributed by atoms with E-state index in [1.165, 1.54) is 13.8 Å². The number of likely N-dealkylation sites (tertiary alicyclic amines) is 1. The molecule has 0 saturated carbocycles. The quantitative estimate of drug-likeness (QED) is 0.0565. The van der Waals surface area contributed by atoms with Crippen molar-refractivity contribution in [2.45, 2.75) is 89.4 Å². The summed E-state index contributed by atoms with van der Waals surface area (Å²) in [5.74, 6) is -0.0781. The second-order valence-corrected chi connectivity index (χ2v) is 20.9. The Morgan fingerprint density at radius 3 is 2.33 bits per heavy atom. The minimum Gasteiger partial charge on any atom is -0.386 e. The Hall–Kier alpha value is -2.15. The summed E-state index contributed by atoms with van der Waals surface area (Å²) < 4.78 is 62.5. The monoisotopic (exact) mass is 906 g/mol. The van der Waals surface area contributed by atoms with Crippen LogP contribution in [0.5, 0.6) is 0 Å². The van der Waals surface area contributed by atoms with Crippen LogP contribution in [0, 0.1) is 11.3 Å². The molecule has 2 aromatic heterocycles. The Morgan fingerprint density at radius 1 is 1.05 bits per heavy atom. The van der Waals surface area contributed by atoms with Crippen molar-refractivity contribution in [3.8, 4) is 0 Å². The Labute approximate surface area is 338 Å². The van der Waals surface area contributed by atoms with E-state index >= 15 is 0 Å². The first-order chi connectivity index (χ1) is 26.8. The third-order valence-electron chi connectivity index (χ3n) is 9.62. The Morgan fingerprint density at radius 2 is 1.71 bits per heavy atom. The Bertz CT molecular complexity index is 1900. The van der Waals surface area contributed by atoms with Gasteiger partial charge in [0.25, 0.3) is 0 Å². The van der Waals surface area contributed by atoms with Gasteiger partial charge in [0.1, 0.15) is 36.3 Å². The number of nitrogens with one attached hydrogen (secondary N) is 2. The van der Waals surface area contributed by atoms with Crippen molar-refractivity contribution in [1.82, 2.24) is 35.1 Å². The lowest BCUT2D eigenvalue weighted by molar-refractivity contribution is -0.137. The molecular weight excluding hydrogens is 853 g/mol. The summed E-state index contributed by atoms with van der Waals surface area (Å²) in [4.78, 5) is 78.5. The number of nitrogen functional groups attached to an aromatic ring is 1. The number of aliphatic hydroxyl groups is 2. The van der Waals surface area contributed by atoms with Crippen LogP contribution in [-0.4, -0.2) is 146 Å². The van der Waals surface area contributed by atoms with Gasteiger partial charge in [0.2, 0.25) is 11.8 Å². The molecule has 0 aromatic carbocycles. The van der Waals surface area contributed by atoms with Crippen LogP contribution >= 0.6 is 35.2 Å². The van der Waals surface area contributed by atoms with Gasteiger partial charge >= 0.3 is 23.5 Å². The van der Waals surface area contributed by atoms with Gasteiger partial charge in [-0.15, -0.1) is 0 Å². The third kappa shape index (κ3) is 12.7. The van der Waals surface area contributed by atoms with Crippen molar-refractivity contribution in [2.75, 3.05) is 50.9 Å². The van der Waals surface area contributed by atoms with Crippen LogP contribution in [-0.2, 0) is 45.9 Å². The molecule has 2 fully saturated rings. The van der Waals surface area contributed by atoms with Crippen molar-refractivity contribution < 1.29 is 75.7 Å². The largest absolute Gasteiger partial charge is 0.481 e. The van der Waals surface area contributed by atoms with E-state index in [0.29, 0.717) is 18.5 Å². The maximum Gasteiger partial charge on any atom is 0.481 e. The molecule has 4 heterocycles. The van der Waals surface area contributed by atoms with E-state index in [4.69, 9.17) is 19.5 Å². The fourth-order valence-electron chi connectivity index (χ4n) is 6.01. The SMILES string of the molecule is CC(C)N1CC(SCCNC(=O)CCNC(=O)[C@H](O)C(C)(C)COP(=O)(O)OP(=O)(O)OC[C@H]2O[C@@H](n3cnc4c(N)ncnc43)[C@H](O)[C@@H]2OP(=O)(O)O)(C(C)C)C1. The number of amides is 2. The first kappa shape index (κ1) is 48.5. The van der Waals surface area contributed by atoms with E-state index < -0.39 is 78.6 Å². The molecule has 2 aromatic rings. The lowest BCUT2D eigenvalue weighted by Crippen LogP contribution is -2.64. The highest BCUT2D eigenvalue weighted by molar-refractivity contribution is 8.00. The van der Waals surface area contributed by atoms with Gasteiger partial charge in [0, 0.05) is 54.6 Å². The minimum absolute atomic E-state index is 0.0341. The molecule has 24 nitrogen and oxygen atoms in total. The number of nitrogens with two attached hydrogens (primary N) is 1. The number of rotatable bonds is 22. The summed E-state index contributed by atoms with van der Waals surface area (Å²) in [5, 5.41) is 26.8. The van der Waals surface area contributed by atoms with Gasteiger partial charge in [0.15, 0.2) is 17.7 Å². The molecule has 0 radical (unpaired) electrons. The standard InChI is InChI=1S/C30H53N8O16P3S/c1-17(2)30(12-37(13-30)18(3)4)58-10-9-32-20(39)7-8-33-27(42)24(41)29(5,6)14-51-57(48,49)54-56(46,47)50-11-19-23(53-55(43,44)45)22(40)28(52-19)38-16-36-21-25(31)34-15-35-26(21)38/h15-19,22-24,28,40-41H,7-14H2,1-6H3,(H,32,39)(H,33,42)(H,46,47)(H,48,49)(H2,31,34,35)(H2,43,44,45)/t19-,22-,23-,24+,28-/m1/s1. The van der Waals surface area contributed by atoms with Crippen molar-refractivity contribution in [1.29, 1.82) is 0 Å². The topological polar surface area (TPSA) is 350 Å². The first-order valence-corrected chi connectivity index (χ1v) is 23.5. The minimum atomic E-state index is -5.56. The first-order valence-electron chi connectivity index (χ1n) is 18.0. The summed E-state index contributed by atoms with van der Waals surface area (Å²) in [6, 6.07) is 0.474. The molecule has 58 heavy (non-hydrogen) atoms. The molecule has 0 bridgehead atoms. The smallest absolute Gasteiger partial charge is 0.386 e. The number of thioether (sulfide) groups is 1. The summed E-state index contributed by atoms with van der Waals surface area (Å²) in [6.07, 6.45) is -6.72. The highest BCUT2D eigenvalue weighted by Gasteiger charge is 2.50. The highest BCUT2D eigenvalue weighted by atomic mass is 32.2. The third-order valence-corrected chi connectivity index (χ3v) is 14.4. The van der Waals surface area contributed by atoms with Crippen LogP contribution in [0.25, 0.3) is 11.2 Å². The number of nitrogens with zero attached hydrogens (tertiary/aromatic N) is 5. The fourth-order valence-corrected chi connectivity index (χ4v) is 10.3. The summed E-state index contributed by atoms with van der Waals surface area (Å²) in [5.41, 5.74) is 4.32. The maximum atomic E-state index is 12.7. The van der Waals surface area contributed by atoms with E-state index in [0.717, 1.165) is 36.1 Å². The lowest BCUT2D eigenvalue weighted by Gasteiger charge is -2.54. The molecule has 2 unspecified atom stereocenters. The van der Waals surface area contributed by atoms with Crippen LogP contribution in [0.3, 0.4) is 0 Å². The van der Waals surface area contributed by atoms with E-state index in [1.807, 2.05) is 11.8 Å². The van der Waals surface area contributed by atoms with Gasteiger partial charge in [-0.05, 0) is 19.8 Å². The Balaban J connectivity index is 1.22.